The van der Waals surface area contributed by atoms with Crippen LogP contribution in [0.4, 0.5) is 5.69 Å². The van der Waals surface area contributed by atoms with Crippen LogP contribution in [-0.4, -0.2) is 14.7 Å². The van der Waals surface area contributed by atoms with E-state index < -0.39 is 10.0 Å². The molecule has 1 aromatic carbocycles. The van der Waals surface area contributed by atoms with Crippen molar-refractivity contribution < 1.29 is 8.42 Å². The van der Waals surface area contributed by atoms with Crippen molar-refractivity contribution in [1.82, 2.24) is 0 Å². The molecule has 92 valence electrons. The first-order valence-corrected chi connectivity index (χ1v) is 7.99. The summed E-state index contributed by atoms with van der Waals surface area (Å²) in [6.07, 6.45) is 1.12. The second-order valence-electron chi connectivity index (χ2n) is 3.68. The molecule has 3 nitrogen and oxygen atoms in total. The van der Waals surface area contributed by atoms with Gasteiger partial charge in [0.1, 0.15) is 0 Å². The van der Waals surface area contributed by atoms with Gasteiger partial charge in [0.2, 0.25) is 10.0 Å². The predicted molar refractivity (Wildman–Crippen MR) is 75.2 cm³/mol. The summed E-state index contributed by atoms with van der Waals surface area (Å²) in [7, 11) is -3.29. The number of para-hydroxylation sites is 1. The van der Waals surface area contributed by atoms with E-state index in [-0.39, 0.29) is 0 Å². The maximum absolute atomic E-state index is 11.2. The molecular weight excluding hydrogens is 266 g/mol. The smallest absolute Gasteiger partial charge is 0.229 e. The quantitative estimate of drug-likeness (QED) is 0.857. The van der Waals surface area contributed by atoms with Crippen molar-refractivity contribution in [2.24, 2.45) is 0 Å². The van der Waals surface area contributed by atoms with Crippen LogP contribution >= 0.6 is 11.3 Å². The Kier molecular flexibility index (Phi) is 3.70. The van der Waals surface area contributed by atoms with Gasteiger partial charge in [-0.1, -0.05) is 24.0 Å². The van der Waals surface area contributed by atoms with E-state index in [4.69, 9.17) is 0 Å². The fourth-order valence-corrected chi connectivity index (χ4v) is 2.52. The van der Waals surface area contributed by atoms with Gasteiger partial charge in [-0.3, -0.25) is 4.72 Å². The second-order valence-corrected chi connectivity index (χ2v) is 6.21. The van der Waals surface area contributed by atoms with Gasteiger partial charge in [-0.15, -0.1) is 0 Å². The Labute approximate surface area is 111 Å². The van der Waals surface area contributed by atoms with E-state index in [1.807, 2.05) is 22.9 Å². The SMILES string of the molecule is CS(=O)(=O)Nc1ccccc1C#Cc1ccsc1. The fourth-order valence-electron chi connectivity index (χ4n) is 1.36. The van der Waals surface area contributed by atoms with Crippen molar-refractivity contribution in [3.63, 3.8) is 0 Å². The molecule has 18 heavy (non-hydrogen) atoms. The third kappa shape index (κ3) is 3.62. The highest BCUT2D eigenvalue weighted by atomic mass is 32.2. The topological polar surface area (TPSA) is 46.2 Å². The summed E-state index contributed by atoms with van der Waals surface area (Å²) >= 11 is 1.57. The molecule has 1 aromatic heterocycles. The van der Waals surface area contributed by atoms with E-state index in [1.165, 1.54) is 0 Å². The van der Waals surface area contributed by atoms with Crippen LogP contribution in [0.2, 0.25) is 0 Å². The van der Waals surface area contributed by atoms with Crippen molar-refractivity contribution >= 4 is 27.0 Å². The summed E-state index contributed by atoms with van der Waals surface area (Å²) in [5.74, 6) is 5.96. The molecular formula is C13H11NO2S2. The Bertz CT molecular complexity index is 692. The number of hydrogen-bond acceptors (Lipinski definition) is 3. The lowest BCUT2D eigenvalue weighted by atomic mass is 10.2. The summed E-state index contributed by atoms with van der Waals surface area (Å²) in [6.45, 7) is 0. The average molecular weight is 277 g/mol. The van der Waals surface area contributed by atoms with Gasteiger partial charge in [-0.25, -0.2) is 8.42 Å². The van der Waals surface area contributed by atoms with Crippen LogP contribution in [0.1, 0.15) is 11.1 Å². The van der Waals surface area contributed by atoms with Crippen molar-refractivity contribution in [2.75, 3.05) is 11.0 Å². The van der Waals surface area contributed by atoms with E-state index in [0.29, 0.717) is 11.3 Å². The first-order valence-electron chi connectivity index (χ1n) is 5.16. The van der Waals surface area contributed by atoms with E-state index in [0.717, 1.165) is 11.8 Å². The molecule has 0 fully saturated rings. The molecule has 0 atom stereocenters. The minimum Gasteiger partial charge on any atom is -0.283 e. The van der Waals surface area contributed by atoms with Crippen LogP contribution in [0, 0.1) is 11.8 Å². The molecule has 5 heteroatoms. The molecule has 0 aliphatic rings. The maximum atomic E-state index is 11.2. The number of nitrogens with one attached hydrogen (secondary N) is 1. The van der Waals surface area contributed by atoms with Crippen molar-refractivity contribution in [1.29, 1.82) is 0 Å². The van der Waals surface area contributed by atoms with E-state index in [9.17, 15) is 8.42 Å². The van der Waals surface area contributed by atoms with Crippen molar-refractivity contribution in [2.45, 2.75) is 0 Å². The first-order chi connectivity index (χ1) is 8.54. The Morgan fingerprint density at radius 1 is 1.17 bits per heavy atom. The molecule has 0 aliphatic heterocycles. The highest BCUT2D eigenvalue weighted by Gasteiger charge is 2.04. The summed E-state index contributed by atoms with van der Waals surface area (Å²) < 4.78 is 24.9. The summed E-state index contributed by atoms with van der Waals surface area (Å²) in [6, 6.07) is 8.99. The molecule has 1 heterocycles. The van der Waals surface area contributed by atoms with Gasteiger partial charge < -0.3 is 0 Å². The third-order valence-electron chi connectivity index (χ3n) is 2.09. The maximum Gasteiger partial charge on any atom is 0.229 e. The van der Waals surface area contributed by atoms with Crippen LogP contribution in [-0.2, 0) is 10.0 Å². The Balaban J connectivity index is 2.34. The Morgan fingerprint density at radius 2 is 1.94 bits per heavy atom. The van der Waals surface area contributed by atoms with Crippen LogP contribution in [0.15, 0.2) is 41.1 Å². The van der Waals surface area contributed by atoms with Gasteiger partial charge in [0, 0.05) is 16.5 Å². The number of anilines is 1. The number of rotatable bonds is 2. The molecule has 0 saturated heterocycles. The molecule has 0 radical (unpaired) electrons. The van der Waals surface area contributed by atoms with Crippen molar-refractivity contribution in [3.05, 3.63) is 52.2 Å². The number of thiophene rings is 1. The van der Waals surface area contributed by atoms with Crippen LogP contribution in [0.3, 0.4) is 0 Å². The van der Waals surface area contributed by atoms with Crippen LogP contribution in [0.5, 0.6) is 0 Å². The van der Waals surface area contributed by atoms with Crippen LogP contribution in [0.25, 0.3) is 0 Å². The van der Waals surface area contributed by atoms with Gasteiger partial charge in [0.25, 0.3) is 0 Å². The predicted octanol–water partition coefficient (Wildman–Crippen LogP) is 2.52. The average Bonchev–Trinajstić information content (AvgIpc) is 2.79. The van der Waals surface area contributed by atoms with Gasteiger partial charge in [0.15, 0.2) is 0 Å². The summed E-state index contributed by atoms with van der Waals surface area (Å²) in [5.41, 5.74) is 2.09. The van der Waals surface area contributed by atoms with Crippen LogP contribution < -0.4 is 4.72 Å². The van der Waals surface area contributed by atoms with E-state index >= 15 is 0 Å². The standard InChI is InChI=1S/C13H11NO2S2/c1-18(15,16)14-13-5-3-2-4-12(13)7-6-11-8-9-17-10-11/h2-5,8-10,14H,1H3. The minimum atomic E-state index is -3.29. The number of hydrogen-bond donors (Lipinski definition) is 1. The molecule has 1 N–H and O–H groups in total. The fraction of sp³-hybridized carbons (Fsp3) is 0.0769. The Hall–Kier alpha value is -1.77. The van der Waals surface area contributed by atoms with Crippen molar-refractivity contribution in [3.8, 4) is 11.8 Å². The number of benzene rings is 1. The highest BCUT2D eigenvalue weighted by molar-refractivity contribution is 7.92. The lowest BCUT2D eigenvalue weighted by Crippen LogP contribution is -2.10. The molecule has 0 amide bonds. The first kappa shape index (κ1) is 12.7. The summed E-state index contributed by atoms with van der Waals surface area (Å²) in [4.78, 5) is 0. The van der Waals surface area contributed by atoms with E-state index in [2.05, 4.69) is 16.6 Å². The second kappa shape index (κ2) is 5.25. The van der Waals surface area contributed by atoms with E-state index in [1.54, 1.807) is 29.5 Å². The molecule has 2 rings (SSSR count). The highest BCUT2D eigenvalue weighted by Crippen LogP contribution is 2.15. The monoisotopic (exact) mass is 277 g/mol. The normalized spacial score (nSPS) is 10.5. The largest absolute Gasteiger partial charge is 0.283 e. The lowest BCUT2D eigenvalue weighted by molar-refractivity contribution is 0.607. The molecule has 0 aliphatic carbocycles. The zero-order valence-corrected chi connectivity index (χ0v) is 11.3. The third-order valence-corrected chi connectivity index (χ3v) is 3.36. The van der Waals surface area contributed by atoms with Gasteiger partial charge in [-0.2, -0.15) is 11.3 Å². The Morgan fingerprint density at radius 3 is 2.61 bits per heavy atom. The molecule has 0 spiro atoms. The molecule has 0 saturated carbocycles. The van der Waals surface area contributed by atoms with Gasteiger partial charge in [-0.05, 0) is 23.6 Å². The lowest BCUT2D eigenvalue weighted by Gasteiger charge is -2.05. The van der Waals surface area contributed by atoms with Gasteiger partial charge >= 0.3 is 0 Å². The molecule has 2 aromatic rings. The molecule has 0 unspecified atom stereocenters. The molecule has 0 bridgehead atoms. The number of sulfonamides is 1. The summed E-state index contributed by atoms with van der Waals surface area (Å²) in [5, 5.41) is 3.89. The minimum absolute atomic E-state index is 0.503. The zero-order valence-electron chi connectivity index (χ0n) is 9.67. The van der Waals surface area contributed by atoms with Gasteiger partial charge in [0.05, 0.1) is 11.9 Å². The zero-order chi connectivity index (χ0) is 13.0.